The van der Waals surface area contributed by atoms with Gasteiger partial charge >= 0.3 is 7.12 Å². The van der Waals surface area contributed by atoms with E-state index < -0.39 is 7.12 Å². The quantitative estimate of drug-likeness (QED) is 0.419. The Hall–Kier alpha value is 0.245. The van der Waals surface area contributed by atoms with Crippen molar-refractivity contribution in [1.29, 1.82) is 0 Å². The third kappa shape index (κ3) is 1.81. The molecule has 2 N–H and O–H groups in total. The first-order chi connectivity index (χ1) is 6.59. The molecule has 0 fully saturated rings. The fraction of sp³-hybridized carbons (Fsp3) is 0. The summed E-state index contributed by atoms with van der Waals surface area (Å²) in [4.78, 5) is 0.880. The van der Waals surface area contributed by atoms with Crippen LogP contribution in [-0.4, -0.2) is 17.2 Å². The minimum absolute atomic E-state index is 0.553. The Morgan fingerprint density at radius 3 is 2.71 bits per heavy atom. The molecule has 2 aromatic rings. The van der Waals surface area contributed by atoms with Gasteiger partial charge in [0, 0.05) is 29.4 Å². The van der Waals surface area contributed by atoms with Crippen LogP contribution in [0.25, 0.3) is 10.1 Å². The average Bonchev–Trinajstić information content (AvgIpc) is 2.47. The summed E-state index contributed by atoms with van der Waals surface area (Å²) in [5.74, 6) is 0. The first-order valence-electron chi connectivity index (χ1n) is 3.85. The van der Waals surface area contributed by atoms with Gasteiger partial charge in [0.05, 0.1) is 0 Å². The minimum atomic E-state index is -1.42. The molecule has 0 saturated carbocycles. The van der Waals surface area contributed by atoms with E-state index in [0.717, 1.165) is 18.6 Å². The van der Waals surface area contributed by atoms with Crippen molar-refractivity contribution in [2.24, 2.45) is 0 Å². The van der Waals surface area contributed by atoms with Gasteiger partial charge < -0.3 is 10.0 Å². The van der Waals surface area contributed by atoms with Crippen LogP contribution in [0.3, 0.4) is 0 Å². The number of hydrogen-bond donors (Lipinski definition) is 3. The maximum Gasteiger partial charge on any atom is 0.489 e. The molecule has 0 aliphatic carbocycles. The highest BCUT2D eigenvalue weighted by atomic mass is 127. The first kappa shape index (κ1) is 10.8. The van der Waals surface area contributed by atoms with Gasteiger partial charge in [0.15, 0.2) is 0 Å². The fourth-order valence-electron chi connectivity index (χ4n) is 1.31. The molecule has 0 radical (unpaired) electrons. The Labute approximate surface area is 105 Å². The van der Waals surface area contributed by atoms with Gasteiger partial charge in [-0.1, -0.05) is 0 Å². The van der Waals surface area contributed by atoms with Crippen molar-refractivity contribution in [1.82, 2.24) is 0 Å². The van der Waals surface area contributed by atoms with E-state index in [1.165, 1.54) is 11.3 Å². The molecule has 0 aliphatic rings. The van der Waals surface area contributed by atoms with Crippen molar-refractivity contribution in [2.75, 3.05) is 0 Å². The van der Waals surface area contributed by atoms with Crippen LogP contribution in [0.4, 0.5) is 0 Å². The molecular weight excluding hydrogens is 330 g/mol. The monoisotopic (exact) mass is 336 g/mol. The Morgan fingerprint density at radius 2 is 2.07 bits per heavy atom. The van der Waals surface area contributed by atoms with E-state index in [1.807, 2.05) is 11.4 Å². The maximum absolute atomic E-state index is 9.19. The van der Waals surface area contributed by atoms with E-state index in [0.29, 0.717) is 5.46 Å². The summed E-state index contributed by atoms with van der Waals surface area (Å²) in [6.45, 7) is 0. The zero-order chi connectivity index (χ0) is 10.3. The second kappa shape index (κ2) is 4.01. The smallest absolute Gasteiger partial charge is 0.423 e. The number of fused-ring (bicyclic) bond motifs is 1. The van der Waals surface area contributed by atoms with Crippen molar-refractivity contribution in [2.45, 2.75) is 4.90 Å². The van der Waals surface area contributed by atoms with Gasteiger partial charge in [-0.25, -0.2) is 0 Å². The zero-order valence-corrected chi connectivity index (χ0v) is 10.8. The van der Waals surface area contributed by atoms with Crippen molar-refractivity contribution >= 4 is 69.2 Å². The summed E-state index contributed by atoms with van der Waals surface area (Å²) in [5.41, 5.74) is 0.553. The highest BCUT2D eigenvalue weighted by Crippen LogP contribution is 2.28. The average molecular weight is 336 g/mol. The van der Waals surface area contributed by atoms with Crippen LogP contribution in [0.15, 0.2) is 22.4 Å². The molecule has 1 heterocycles. The standard InChI is InChI=1S/C8H6BIO2S2/c10-4-1-5-7(13)3-14-8(5)6(2-4)9(11)12/h1-3,11-13H. The Bertz CT molecular complexity index is 483. The fourth-order valence-corrected chi connectivity index (χ4v) is 3.32. The predicted octanol–water partition coefficient (Wildman–Crippen LogP) is 1.47. The maximum atomic E-state index is 9.19. The van der Waals surface area contributed by atoms with Crippen molar-refractivity contribution < 1.29 is 10.0 Å². The molecule has 0 atom stereocenters. The molecule has 0 unspecified atom stereocenters. The molecule has 6 heteroatoms. The second-order valence-electron chi connectivity index (χ2n) is 2.87. The van der Waals surface area contributed by atoms with Crippen LogP contribution in [0.5, 0.6) is 0 Å². The number of hydrogen-bond acceptors (Lipinski definition) is 4. The Morgan fingerprint density at radius 1 is 1.36 bits per heavy atom. The summed E-state index contributed by atoms with van der Waals surface area (Å²) in [6.07, 6.45) is 0. The largest absolute Gasteiger partial charge is 0.489 e. The number of benzene rings is 1. The van der Waals surface area contributed by atoms with Gasteiger partial charge in [0.1, 0.15) is 0 Å². The molecule has 72 valence electrons. The lowest BCUT2D eigenvalue weighted by molar-refractivity contribution is 0.426. The lowest BCUT2D eigenvalue weighted by Crippen LogP contribution is -2.30. The van der Waals surface area contributed by atoms with E-state index in [9.17, 15) is 10.0 Å². The number of halogens is 1. The first-order valence-corrected chi connectivity index (χ1v) is 6.26. The van der Waals surface area contributed by atoms with Crippen LogP contribution >= 0.6 is 46.6 Å². The Balaban J connectivity index is 2.82. The summed E-state index contributed by atoms with van der Waals surface area (Å²) in [5, 5.41) is 21.3. The van der Waals surface area contributed by atoms with E-state index in [1.54, 1.807) is 6.07 Å². The van der Waals surface area contributed by atoms with Crippen LogP contribution in [0.2, 0.25) is 0 Å². The molecule has 2 nitrogen and oxygen atoms in total. The van der Waals surface area contributed by atoms with Crippen LogP contribution < -0.4 is 5.46 Å². The number of thiophene rings is 1. The van der Waals surface area contributed by atoms with Crippen molar-refractivity contribution in [3.63, 3.8) is 0 Å². The molecule has 0 spiro atoms. The van der Waals surface area contributed by atoms with E-state index in [-0.39, 0.29) is 0 Å². The molecular formula is C8H6BIO2S2. The highest BCUT2D eigenvalue weighted by molar-refractivity contribution is 14.1. The van der Waals surface area contributed by atoms with Crippen molar-refractivity contribution in [3.8, 4) is 0 Å². The molecule has 1 aromatic heterocycles. The number of thiol groups is 1. The summed E-state index contributed by atoms with van der Waals surface area (Å²) in [6, 6.07) is 3.76. The van der Waals surface area contributed by atoms with E-state index in [4.69, 9.17) is 0 Å². The molecule has 2 rings (SSSR count). The van der Waals surface area contributed by atoms with E-state index in [2.05, 4.69) is 35.2 Å². The van der Waals surface area contributed by atoms with Gasteiger partial charge in [-0.3, -0.25) is 0 Å². The van der Waals surface area contributed by atoms with Crippen molar-refractivity contribution in [3.05, 3.63) is 21.1 Å². The minimum Gasteiger partial charge on any atom is -0.423 e. The predicted molar refractivity (Wildman–Crippen MR) is 71.6 cm³/mol. The van der Waals surface area contributed by atoms with Gasteiger partial charge in [-0.2, -0.15) is 0 Å². The van der Waals surface area contributed by atoms with Crippen LogP contribution in [0, 0.1) is 3.57 Å². The van der Waals surface area contributed by atoms with Gasteiger partial charge in [-0.15, -0.1) is 24.0 Å². The second-order valence-corrected chi connectivity index (χ2v) is 5.47. The van der Waals surface area contributed by atoms with Crippen LogP contribution in [0.1, 0.15) is 0 Å². The lowest BCUT2D eigenvalue weighted by atomic mass is 9.80. The van der Waals surface area contributed by atoms with Gasteiger partial charge in [0.25, 0.3) is 0 Å². The molecule has 0 saturated heterocycles. The topological polar surface area (TPSA) is 40.5 Å². The SMILES string of the molecule is OB(O)c1cc(I)cc2c(S)csc12. The van der Waals surface area contributed by atoms with Crippen LogP contribution in [-0.2, 0) is 0 Å². The van der Waals surface area contributed by atoms with Gasteiger partial charge in [0.2, 0.25) is 0 Å². The normalized spacial score (nSPS) is 10.9. The Kier molecular flexibility index (Phi) is 3.08. The molecule has 14 heavy (non-hydrogen) atoms. The molecule has 1 aromatic carbocycles. The highest BCUT2D eigenvalue weighted by Gasteiger charge is 2.17. The zero-order valence-electron chi connectivity index (χ0n) is 6.94. The third-order valence-electron chi connectivity index (χ3n) is 1.92. The van der Waals surface area contributed by atoms with Gasteiger partial charge in [-0.05, 0) is 34.7 Å². The molecule has 0 aliphatic heterocycles. The summed E-state index contributed by atoms with van der Waals surface area (Å²) >= 11 is 7.94. The lowest BCUT2D eigenvalue weighted by Gasteiger charge is -2.02. The summed E-state index contributed by atoms with van der Waals surface area (Å²) < 4.78 is 1.87. The molecule has 0 amide bonds. The summed E-state index contributed by atoms with van der Waals surface area (Å²) in [7, 11) is -1.42. The third-order valence-corrected chi connectivity index (χ3v) is 4.14. The molecule has 0 bridgehead atoms. The van der Waals surface area contributed by atoms with E-state index >= 15 is 0 Å². The number of rotatable bonds is 1.